The van der Waals surface area contributed by atoms with Gasteiger partial charge in [0.2, 0.25) is 5.91 Å². The average Bonchev–Trinajstić information content (AvgIpc) is 2.93. The van der Waals surface area contributed by atoms with Gasteiger partial charge >= 0.3 is 4.87 Å². The van der Waals surface area contributed by atoms with E-state index in [1.165, 1.54) is 36.3 Å². The number of anilines is 2. The Kier molecular flexibility index (Phi) is 5.35. The third-order valence-corrected chi connectivity index (χ3v) is 5.29. The number of amides is 1. The number of benzene rings is 1. The summed E-state index contributed by atoms with van der Waals surface area (Å²) in [5.41, 5.74) is 2.92. The highest BCUT2D eigenvalue weighted by Gasteiger charge is 2.11. The molecule has 1 fully saturated rings. The van der Waals surface area contributed by atoms with Crippen molar-refractivity contribution in [1.82, 2.24) is 4.57 Å². The van der Waals surface area contributed by atoms with Crippen LogP contribution in [-0.2, 0) is 11.3 Å². The van der Waals surface area contributed by atoms with Crippen LogP contribution in [0.2, 0.25) is 0 Å². The van der Waals surface area contributed by atoms with Gasteiger partial charge in [-0.2, -0.15) is 0 Å². The number of hydrogen-bond donors (Lipinski definition) is 1. The Morgan fingerprint density at radius 3 is 2.50 bits per heavy atom. The van der Waals surface area contributed by atoms with E-state index in [2.05, 4.69) is 22.3 Å². The van der Waals surface area contributed by atoms with Gasteiger partial charge in [-0.05, 0) is 50.5 Å². The van der Waals surface area contributed by atoms with Gasteiger partial charge in [0.05, 0.1) is 0 Å². The minimum atomic E-state index is -0.0711. The molecule has 0 bridgehead atoms. The molecule has 1 aromatic carbocycles. The molecule has 1 aliphatic rings. The molecule has 3 rings (SSSR count). The van der Waals surface area contributed by atoms with E-state index in [4.69, 9.17) is 0 Å². The first kappa shape index (κ1) is 16.8. The number of aryl methyl sites for hydroxylation is 1. The number of aromatic nitrogens is 1. The summed E-state index contributed by atoms with van der Waals surface area (Å²) in [6.45, 7) is 4.53. The van der Waals surface area contributed by atoms with Gasteiger partial charge in [-0.1, -0.05) is 11.3 Å². The summed E-state index contributed by atoms with van der Waals surface area (Å²) >= 11 is 1.17. The molecule has 0 aliphatic carbocycles. The summed E-state index contributed by atoms with van der Waals surface area (Å²) in [5.74, 6) is -0.0711. The fourth-order valence-electron chi connectivity index (χ4n) is 3.02. The van der Waals surface area contributed by atoms with E-state index in [0.29, 0.717) is 13.0 Å². The van der Waals surface area contributed by atoms with Gasteiger partial charge in [-0.25, -0.2) is 0 Å². The number of carbonyl (C=O) groups is 1. The highest BCUT2D eigenvalue weighted by atomic mass is 32.1. The van der Waals surface area contributed by atoms with Crippen LogP contribution < -0.4 is 15.1 Å². The summed E-state index contributed by atoms with van der Waals surface area (Å²) in [6, 6.07) is 8.02. The van der Waals surface area contributed by atoms with Gasteiger partial charge in [0.15, 0.2) is 0 Å². The van der Waals surface area contributed by atoms with Gasteiger partial charge in [0.25, 0.3) is 0 Å². The summed E-state index contributed by atoms with van der Waals surface area (Å²) in [4.78, 5) is 26.1. The molecule has 5 nitrogen and oxygen atoms in total. The molecule has 1 aromatic heterocycles. The second kappa shape index (κ2) is 7.66. The largest absolute Gasteiger partial charge is 0.372 e. The highest BCUT2D eigenvalue weighted by molar-refractivity contribution is 7.07. The number of nitrogens with one attached hydrogen (secondary N) is 1. The lowest BCUT2D eigenvalue weighted by molar-refractivity contribution is -0.116. The molecule has 0 saturated carbocycles. The summed E-state index contributed by atoms with van der Waals surface area (Å²) in [6.07, 6.45) is 4.11. The maximum atomic E-state index is 12.1. The first-order chi connectivity index (χ1) is 11.6. The monoisotopic (exact) mass is 345 g/mol. The minimum absolute atomic E-state index is 0.00816. The smallest absolute Gasteiger partial charge is 0.307 e. The van der Waals surface area contributed by atoms with Crippen molar-refractivity contribution >= 4 is 28.6 Å². The van der Waals surface area contributed by atoms with Crippen molar-refractivity contribution < 1.29 is 4.79 Å². The fraction of sp³-hybridized carbons (Fsp3) is 0.444. The Hall–Kier alpha value is -2.08. The highest BCUT2D eigenvalue weighted by Crippen LogP contribution is 2.21. The number of carbonyl (C=O) groups excluding carboxylic acids is 1. The summed E-state index contributed by atoms with van der Waals surface area (Å²) in [5, 5.41) is 4.72. The SMILES string of the molecule is Cc1csc(=O)n1CCC(=O)Nc1ccc(N2CCCCC2)cc1. The molecule has 0 radical (unpaired) electrons. The maximum absolute atomic E-state index is 12.1. The molecular weight excluding hydrogens is 322 g/mol. The first-order valence-electron chi connectivity index (χ1n) is 8.43. The van der Waals surface area contributed by atoms with E-state index in [-0.39, 0.29) is 10.8 Å². The van der Waals surface area contributed by atoms with E-state index >= 15 is 0 Å². The summed E-state index contributed by atoms with van der Waals surface area (Å²) < 4.78 is 1.64. The molecular formula is C18H23N3O2S. The zero-order valence-electron chi connectivity index (χ0n) is 14.0. The molecule has 1 amide bonds. The molecule has 2 heterocycles. The number of rotatable bonds is 5. The molecule has 1 saturated heterocycles. The Morgan fingerprint density at radius 2 is 1.88 bits per heavy atom. The molecule has 0 spiro atoms. The second-order valence-corrected chi connectivity index (χ2v) is 7.01. The van der Waals surface area contributed by atoms with E-state index in [1.54, 1.807) is 4.57 Å². The number of thiazole rings is 1. The van der Waals surface area contributed by atoms with Gasteiger partial charge in [-0.15, -0.1) is 0 Å². The van der Waals surface area contributed by atoms with Crippen LogP contribution in [0.15, 0.2) is 34.4 Å². The van der Waals surface area contributed by atoms with Gasteiger partial charge in [-0.3, -0.25) is 9.59 Å². The van der Waals surface area contributed by atoms with Crippen LogP contribution in [0.4, 0.5) is 11.4 Å². The minimum Gasteiger partial charge on any atom is -0.372 e. The van der Waals surface area contributed by atoms with Crippen LogP contribution in [0.5, 0.6) is 0 Å². The lowest BCUT2D eigenvalue weighted by Crippen LogP contribution is -2.29. The van der Waals surface area contributed by atoms with Crippen molar-refractivity contribution in [3.8, 4) is 0 Å². The van der Waals surface area contributed by atoms with Crippen molar-refractivity contribution in [2.24, 2.45) is 0 Å². The Bertz CT molecular complexity index is 742. The maximum Gasteiger partial charge on any atom is 0.307 e. The van der Waals surface area contributed by atoms with Crippen LogP contribution in [0.3, 0.4) is 0 Å². The van der Waals surface area contributed by atoms with E-state index in [1.807, 2.05) is 24.4 Å². The van der Waals surface area contributed by atoms with Crippen molar-refractivity contribution in [3.05, 3.63) is 45.0 Å². The van der Waals surface area contributed by atoms with E-state index in [0.717, 1.165) is 24.5 Å². The van der Waals surface area contributed by atoms with E-state index in [9.17, 15) is 9.59 Å². The van der Waals surface area contributed by atoms with Gasteiger partial charge in [0.1, 0.15) is 0 Å². The van der Waals surface area contributed by atoms with Crippen molar-refractivity contribution in [2.45, 2.75) is 39.2 Å². The van der Waals surface area contributed by atoms with Crippen LogP contribution >= 0.6 is 11.3 Å². The molecule has 2 aromatic rings. The third kappa shape index (κ3) is 4.06. The third-order valence-electron chi connectivity index (χ3n) is 4.41. The molecule has 1 aliphatic heterocycles. The van der Waals surface area contributed by atoms with Crippen molar-refractivity contribution in [1.29, 1.82) is 0 Å². The molecule has 0 atom stereocenters. The predicted octanol–water partition coefficient (Wildman–Crippen LogP) is 3.24. The number of piperidine rings is 1. The van der Waals surface area contributed by atoms with Crippen LogP contribution in [0, 0.1) is 6.92 Å². The van der Waals surface area contributed by atoms with Crippen LogP contribution in [0.25, 0.3) is 0 Å². The fourth-order valence-corrected chi connectivity index (χ4v) is 3.78. The Labute approximate surface area is 145 Å². The van der Waals surface area contributed by atoms with E-state index < -0.39 is 0 Å². The predicted molar refractivity (Wildman–Crippen MR) is 99.1 cm³/mol. The van der Waals surface area contributed by atoms with Crippen LogP contribution in [0.1, 0.15) is 31.4 Å². The Balaban J connectivity index is 1.53. The molecule has 6 heteroatoms. The summed E-state index contributed by atoms with van der Waals surface area (Å²) in [7, 11) is 0. The van der Waals surface area contributed by atoms with Crippen molar-refractivity contribution in [3.63, 3.8) is 0 Å². The zero-order chi connectivity index (χ0) is 16.9. The first-order valence-corrected chi connectivity index (χ1v) is 9.31. The lowest BCUT2D eigenvalue weighted by atomic mass is 10.1. The second-order valence-electron chi connectivity index (χ2n) is 6.19. The quantitative estimate of drug-likeness (QED) is 0.905. The number of hydrogen-bond acceptors (Lipinski definition) is 4. The van der Waals surface area contributed by atoms with Gasteiger partial charge in [0, 0.05) is 48.5 Å². The van der Waals surface area contributed by atoms with Crippen LogP contribution in [-0.4, -0.2) is 23.6 Å². The topological polar surface area (TPSA) is 54.3 Å². The lowest BCUT2D eigenvalue weighted by Gasteiger charge is -2.28. The number of nitrogens with zero attached hydrogens (tertiary/aromatic N) is 2. The molecule has 0 unspecified atom stereocenters. The zero-order valence-corrected chi connectivity index (χ0v) is 14.8. The molecule has 128 valence electrons. The molecule has 1 N–H and O–H groups in total. The molecule has 24 heavy (non-hydrogen) atoms. The average molecular weight is 345 g/mol. The Morgan fingerprint density at radius 1 is 1.17 bits per heavy atom. The standard InChI is InChI=1S/C18H23N3O2S/c1-14-13-24-18(23)21(14)12-9-17(22)19-15-5-7-16(8-6-15)20-10-3-2-4-11-20/h5-8,13H,2-4,9-12H2,1H3,(H,19,22). The van der Waals surface area contributed by atoms with Gasteiger partial charge < -0.3 is 14.8 Å². The normalized spacial score (nSPS) is 14.6. The van der Waals surface area contributed by atoms with Crippen molar-refractivity contribution in [2.75, 3.05) is 23.3 Å².